The van der Waals surface area contributed by atoms with Crippen LogP contribution in [0.4, 0.5) is 0 Å². The molecule has 0 radical (unpaired) electrons. The fourth-order valence-electron chi connectivity index (χ4n) is 2.94. The summed E-state index contributed by atoms with van der Waals surface area (Å²) in [4.78, 5) is 14.7. The molecule has 1 fully saturated rings. The topological polar surface area (TPSA) is 64.8 Å². The van der Waals surface area contributed by atoms with Gasteiger partial charge in [0, 0.05) is 30.3 Å². The van der Waals surface area contributed by atoms with Crippen LogP contribution < -0.4 is 15.2 Å². The van der Waals surface area contributed by atoms with Crippen LogP contribution in [0.15, 0.2) is 12.1 Å². The Balaban J connectivity index is 0.00000264. The van der Waals surface area contributed by atoms with Crippen LogP contribution in [0.25, 0.3) is 0 Å². The highest BCUT2D eigenvalue weighted by Gasteiger charge is 2.35. The second-order valence-corrected chi connectivity index (χ2v) is 6.62. The molecule has 0 bridgehead atoms. The maximum Gasteiger partial charge on any atom is 0.254 e. The number of nitrogens with zero attached hydrogens (tertiary/aromatic N) is 1. The summed E-state index contributed by atoms with van der Waals surface area (Å²) in [6.07, 6.45) is 0.818. The van der Waals surface area contributed by atoms with Crippen LogP contribution >= 0.6 is 12.4 Å². The SMILES string of the molecule is COc1cc(C(=O)N2CCC(N)C(C)(C)C2)cc(OC)c1C.Cl. The summed E-state index contributed by atoms with van der Waals surface area (Å²) >= 11 is 0. The summed E-state index contributed by atoms with van der Waals surface area (Å²) in [6, 6.07) is 3.68. The summed E-state index contributed by atoms with van der Waals surface area (Å²) in [5, 5.41) is 0. The average Bonchev–Trinajstić information content (AvgIpc) is 2.49. The Morgan fingerprint density at radius 2 is 1.78 bits per heavy atom. The molecule has 2 rings (SSSR count). The lowest BCUT2D eigenvalue weighted by Crippen LogP contribution is -2.54. The third kappa shape index (κ3) is 3.90. The summed E-state index contributed by atoms with van der Waals surface area (Å²) in [5.74, 6) is 1.32. The zero-order chi connectivity index (χ0) is 16.5. The number of methoxy groups -OCH3 is 2. The summed E-state index contributed by atoms with van der Waals surface area (Å²) in [5.41, 5.74) is 7.55. The third-order valence-corrected chi connectivity index (χ3v) is 4.60. The number of benzene rings is 1. The van der Waals surface area contributed by atoms with Gasteiger partial charge in [0.25, 0.3) is 5.91 Å². The predicted molar refractivity (Wildman–Crippen MR) is 93.8 cm³/mol. The van der Waals surface area contributed by atoms with Crippen molar-refractivity contribution in [1.29, 1.82) is 0 Å². The first kappa shape index (κ1) is 19.6. The Morgan fingerprint density at radius 3 is 2.22 bits per heavy atom. The van der Waals surface area contributed by atoms with Crippen molar-refractivity contribution < 1.29 is 14.3 Å². The van der Waals surface area contributed by atoms with Crippen molar-refractivity contribution in [1.82, 2.24) is 4.90 Å². The van der Waals surface area contributed by atoms with Gasteiger partial charge in [0.1, 0.15) is 11.5 Å². The van der Waals surface area contributed by atoms with Crippen LogP contribution in [-0.2, 0) is 0 Å². The number of carbonyl (C=O) groups is 1. The van der Waals surface area contributed by atoms with E-state index in [0.29, 0.717) is 30.2 Å². The number of carbonyl (C=O) groups excluding carboxylic acids is 1. The molecule has 0 spiro atoms. The van der Waals surface area contributed by atoms with E-state index in [4.69, 9.17) is 15.2 Å². The normalized spacial score (nSPS) is 19.7. The van der Waals surface area contributed by atoms with Crippen LogP contribution in [0.1, 0.15) is 36.2 Å². The highest BCUT2D eigenvalue weighted by Crippen LogP contribution is 2.32. The molecule has 0 aromatic heterocycles. The molecule has 1 heterocycles. The van der Waals surface area contributed by atoms with E-state index in [1.807, 2.05) is 11.8 Å². The number of piperidine rings is 1. The highest BCUT2D eigenvalue weighted by molar-refractivity contribution is 5.95. The fourth-order valence-corrected chi connectivity index (χ4v) is 2.94. The van der Waals surface area contributed by atoms with Crippen molar-refractivity contribution in [2.24, 2.45) is 11.1 Å². The zero-order valence-corrected chi connectivity index (χ0v) is 15.3. The number of halogens is 1. The Kier molecular flexibility index (Phi) is 6.31. The first-order valence-corrected chi connectivity index (χ1v) is 7.57. The molecule has 1 aliphatic heterocycles. The van der Waals surface area contributed by atoms with Crippen LogP contribution in [0, 0.1) is 12.3 Å². The van der Waals surface area contributed by atoms with Crippen LogP contribution in [0.3, 0.4) is 0 Å². The maximum atomic E-state index is 12.8. The molecule has 1 atom stereocenters. The maximum absolute atomic E-state index is 12.8. The van der Waals surface area contributed by atoms with Crippen molar-refractivity contribution in [3.63, 3.8) is 0 Å². The lowest BCUT2D eigenvalue weighted by molar-refractivity contribution is 0.0532. The monoisotopic (exact) mass is 342 g/mol. The molecule has 1 saturated heterocycles. The number of nitrogens with two attached hydrogens (primary N) is 1. The number of rotatable bonds is 3. The summed E-state index contributed by atoms with van der Waals surface area (Å²) < 4.78 is 10.7. The molecule has 23 heavy (non-hydrogen) atoms. The van der Waals surface area contributed by atoms with Gasteiger partial charge < -0.3 is 20.1 Å². The molecule has 1 unspecified atom stereocenters. The Morgan fingerprint density at radius 1 is 1.26 bits per heavy atom. The number of hydrogen-bond donors (Lipinski definition) is 1. The van der Waals surface area contributed by atoms with E-state index in [-0.39, 0.29) is 29.8 Å². The van der Waals surface area contributed by atoms with Gasteiger partial charge in [-0.2, -0.15) is 0 Å². The fraction of sp³-hybridized carbons (Fsp3) is 0.588. The average molecular weight is 343 g/mol. The lowest BCUT2D eigenvalue weighted by atomic mass is 9.79. The van der Waals surface area contributed by atoms with Gasteiger partial charge in [0.2, 0.25) is 0 Å². The molecule has 1 aliphatic rings. The van der Waals surface area contributed by atoms with E-state index in [1.165, 1.54) is 0 Å². The van der Waals surface area contributed by atoms with Crippen LogP contribution in [0.5, 0.6) is 11.5 Å². The molecule has 2 N–H and O–H groups in total. The van der Waals surface area contributed by atoms with Crippen molar-refractivity contribution in [3.8, 4) is 11.5 Å². The van der Waals surface area contributed by atoms with E-state index >= 15 is 0 Å². The molecular formula is C17H27ClN2O3. The van der Waals surface area contributed by atoms with Gasteiger partial charge in [-0.25, -0.2) is 0 Å². The van der Waals surface area contributed by atoms with E-state index in [0.717, 1.165) is 12.0 Å². The second-order valence-electron chi connectivity index (χ2n) is 6.62. The molecule has 0 saturated carbocycles. The van der Waals surface area contributed by atoms with Crippen molar-refractivity contribution >= 4 is 18.3 Å². The number of amides is 1. The highest BCUT2D eigenvalue weighted by atomic mass is 35.5. The molecule has 130 valence electrons. The van der Waals surface area contributed by atoms with E-state index in [2.05, 4.69) is 13.8 Å². The van der Waals surface area contributed by atoms with Gasteiger partial charge in [0.15, 0.2) is 0 Å². The number of hydrogen-bond acceptors (Lipinski definition) is 4. The zero-order valence-electron chi connectivity index (χ0n) is 14.5. The largest absolute Gasteiger partial charge is 0.496 e. The van der Waals surface area contributed by atoms with E-state index in [9.17, 15) is 4.79 Å². The van der Waals surface area contributed by atoms with Crippen LogP contribution in [-0.4, -0.2) is 44.2 Å². The molecular weight excluding hydrogens is 316 g/mol. The molecule has 6 heteroatoms. The van der Waals surface area contributed by atoms with Crippen LogP contribution in [0.2, 0.25) is 0 Å². The van der Waals surface area contributed by atoms with Gasteiger partial charge >= 0.3 is 0 Å². The van der Waals surface area contributed by atoms with Crippen molar-refractivity contribution in [2.75, 3.05) is 27.3 Å². The molecule has 1 amide bonds. The number of likely N-dealkylation sites (tertiary alicyclic amines) is 1. The third-order valence-electron chi connectivity index (χ3n) is 4.60. The predicted octanol–water partition coefficient (Wildman–Crippen LogP) is 2.63. The number of ether oxygens (including phenoxy) is 2. The quantitative estimate of drug-likeness (QED) is 0.917. The minimum Gasteiger partial charge on any atom is -0.496 e. The molecule has 1 aromatic carbocycles. The van der Waals surface area contributed by atoms with E-state index in [1.54, 1.807) is 26.4 Å². The van der Waals surface area contributed by atoms with Crippen molar-refractivity contribution in [2.45, 2.75) is 33.2 Å². The standard InChI is InChI=1S/C17H26N2O3.ClH/c1-11-13(21-4)8-12(9-14(11)22-5)16(20)19-7-6-15(18)17(2,3)10-19;/h8-9,15H,6-7,10,18H2,1-5H3;1H. The van der Waals surface area contributed by atoms with Gasteiger partial charge in [0.05, 0.1) is 14.2 Å². The Hall–Kier alpha value is -1.46. The van der Waals surface area contributed by atoms with Crippen molar-refractivity contribution in [3.05, 3.63) is 23.3 Å². The van der Waals surface area contributed by atoms with Gasteiger partial charge in [-0.3, -0.25) is 4.79 Å². The van der Waals surface area contributed by atoms with Gasteiger partial charge in [-0.1, -0.05) is 13.8 Å². The first-order chi connectivity index (χ1) is 10.3. The summed E-state index contributed by atoms with van der Waals surface area (Å²) in [7, 11) is 3.19. The lowest BCUT2D eigenvalue weighted by Gasteiger charge is -2.42. The molecule has 1 aromatic rings. The smallest absolute Gasteiger partial charge is 0.254 e. The Bertz CT molecular complexity index is 550. The summed E-state index contributed by atoms with van der Waals surface area (Å²) in [6.45, 7) is 7.46. The molecule has 0 aliphatic carbocycles. The van der Waals surface area contributed by atoms with E-state index < -0.39 is 0 Å². The second kappa shape index (κ2) is 7.41. The Labute approximate surface area is 144 Å². The minimum atomic E-state index is -0.0766. The first-order valence-electron chi connectivity index (χ1n) is 7.57. The van der Waals surface area contributed by atoms with Gasteiger partial charge in [-0.15, -0.1) is 12.4 Å². The molecule has 5 nitrogen and oxygen atoms in total. The van der Waals surface area contributed by atoms with Gasteiger partial charge in [-0.05, 0) is 30.9 Å². The minimum absolute atomic E-state index is 0.